The normalized spacial score (nSPS) is 19.7. The van der Waals surface area contributed by atoms with Gasteiger partial charge < -0.3 is 24.6 Å². The SMILES string of the molecule is CCOc1cc2c(cc1OCC)C1C(C(=O)NCCN3CCN(c4ccccc4F)CC3)c3ccccc3C(=O)N1CC2. The molecular formula is C34H39FN4O4. The number of benzene rings is 3. The molecule has 3 aliphatic rings. The number of nitrogens with zero attached hydrogens (tertiary/aromatic N) is 3. The third-order valence-corrected chi connectivity index (χ3v) is 8.76. The van der Waals surface area contributed by atoms with Crippen molar-refractivity contribution < 1.29 is 23.5 Å². The van der Waals surface area contributed by atoms with Crippen molar-refractivity contribution in [2.75, 3.05) is 63.9 Å². The van der Waals surface area contributed by atoms with Crippen LogP contribution in [-0.4, -0.2) is 80.6 Å². The maximum atomic E-state index is 14.3. The van der Waals surface area contributed by atoms with E-state index in [1.807, 2.05) is 67.3 Å². The van der Waals surface area contributed by atoms with Gasteiger partial charge in [0.1, 0.15) is 5.82 Å². The number of piperazine rings is 1. The highest BCUT2D eigenvalue weighted by atomic mass is 19.1. The second kappa shape index (κ2) is 12.6. The molecule has 1 saturated heterocycles. The van der Waals surface area contributed by atoms with Crippen molar-refractivity contribution >= 4 is 17.5 Å². The van der Waals surface area contributed by atoms with Gasteiger partial charge in [0.25, 0.3) is 5.91 Å². The van der Waals surface area contributed by atoms with E-state index in [-0.39, 0.29) is 17.6 Å². The standard InChI is InChI=1S/C34H39FN4O4/c1-3-42-29-21-23-13-15-39-32(26(23)22-30(29)43-4-2)31(24-9-5-6-10-25(24)34(39)41)33(40)36-14-16-37-17-19-38(20-18-37)28-12-8-7-11-27(28)35/h5-12,21-22,31-32H,3-4,13-20H2,1-2H3,(H,36,40). The molecule has 8 nitrogen and oxygen atoms in total. The van der Waals surface area contributed by atoms with Crippen molar-refractivity contribution in [3.63, 3.8) is 0 Å². The smallest absolute Gasteiger partial charge is 0.254 e. The number of rotatable bonds is 9. The highest BCUT2D eigenvalue weighted by molar-refractivity contribution is 6.01. The first-order valence-electron chi connectivity index (χ1n) is 15.3. The molecule has 1 fully saturated rings. The number of carbonyl (C=O) groups is 2. The van der Waals surface area contributed by atoms with Gasteiger partial charge in [0.2, 0.25) is 5.91 Å². The van der Waals surface area contributed by atoms with Crippen LogP contribution >= 0.6 is 0 Å². The van der Waals surface area contributed by atoms with Crippen LogP contribution in [0.3, 0.4) is 0 Å². The summed E-state index contributed by atoms with van der Waals surface area (Å²) in [5.74, 6) is 0.420. The average Bonchev–Trinajstić information content (AvgIpc) is 3.02. The Kier molecular flexibility index (Phi) is 8.51. The average molecular weight is 587 g/mol. The Morgan fingerprint density at radius 3 is 2.35 bits per heavy atom. The molecule has 0 spiro atoms. The maximum absolute atomic E-state index is 14.3. The summed E-state index contributed by atoms with van der Waals surface area (Å²) in [5.41, 5.74) is 3.99. The summed E-state index contributed by atoms with van der Waals surface area (Å²) in [7, 11) is 0. The fourth-order valence-corrected chi connectivity index (χ4v) is 6.72. The molecule has 3 aliphatic heterocycles. The number of hydrogen-bond donors (Lipinski definition) is 1. The van der Waals surface area contributed by atoms with Crippen LogP contribution in [-0.2, 0) is 11.2 Å². The molecule has 0 aromatic heterocycles. The Morgan fingerprint density at radius 2 is 1.60 bits per heavy atom. The van der Waals surface area contributed by atoms with Gasteiger partial charge in [-0.2, -0.15) is 0 Å². The zero-order valence-corrected chi connectivity index (χ0v) is 24.9. The largest absolute Gasteiger partial charge is 0.490 e. The van der Waals surface area contributed by atoms with E-state index in [0.29, 0.717) is 62.0 Å². The van der Waals surface area contributed by atoms with Gasteiger partial charge in [-0.3, -0.25) is 14.5 Å². The van der Waals surface area contributed by atoms with E-state index in [9.17, 15) is 14.0 Å². The van der Waals surface area contributed by atoms with E-state index < -0.39 is 12.0 Å². The van der Waals surface area contributed by atoms with Crippen molar-refractivity contribution in [1.29, 1.82) is 0 Å². The summed E-state index contributed by atoms with van der Waals surface area (Å²) >= 11 is 0. The third-order valence-electron chi connectivity index (χ3n) is 8.76. The van der Waals surface area contributed by atoms with Gasteiger partial charge >= 0.3 is 0 Å². The number of anilines is 1. The first-order valence-corrected chi connectivity index (χ1v) is 15.3. The highest BCUT2D eigenvalue weighted by Gasteiger charge is 2.46. The predicted octanol–water partition coefficient (Wildman–Crippen LogP) is 4.40. The minimum atomic E-state index is -0.557. The molecule has 3 heterocycles. The molecule has 43 heavy (non-hydrogen) atoms. The van der Waals surface area contributed by atoms with Crippen LogP contribution in [0, 0.1) is 5.82 Å². The lowest BCUT2D eigenvalue weighted by Gasteiger charge is -2.45. The van der Waals surface area contributed by atoms with Gasteiger partial charge in [-0.15, -0.1) is 0 Å². The lowest BCUT2D eigenvalue weighted by Crippen LogP contribution is -2.51. The molecule has 2 amide bonds. The molecule has 2 atom stereocenters. The Balaban J connectivity index is 1.20. The van der Waals surface area contributed by atoms with Gasteiger partial charge in [0.15, 0.2) is 11.5 Å². The summed E-state index contributed by atoms with van der Waals surface area (Å²) in [5, 5.41) is 3.19. The molecule has 9 heteroatoms. The number of halogens is 1. The van der Waals surface area contributed by atoms with Crippen LogP contribution in [0.25, 0.3) is 0 Å². The fraction of sp³-hybridized carbons (Fsp3) is 0.412. The Hall–Kier alpha value is -4.11. The first-order chi connectivity index (χ1) is 21.0. The van der Waals surface area contributed by atoms with Crippen LogP contribution in [0.4, 0.5) is 10.1 Å². The summed E-state index contributed by atoms with van der Waals surface area (Å²) in [6, 6.07) is 17.9. The van der Waals surface area contributed by atoms with E-state index >= 15 is 0 Å². The number of fused-ring (bicyclic) bond motifs is 4. The zero-order valence-electron chi connectivity index (χ0n) is 24.9. The van der Waals surface area contributed by atoms with Crippen LogP contribution in [0.5, 0.6) is 11.5 Å². The predicted molar refractivity (Wildman–Crippen MR) is 164 cm³/mol. The Labute approximate surface area is 252 Å². The van der Waals surface area contributed by atoms with Crippen LogP contribution in [0.1, 0.15) is 52.9 Å². The number of para-hydroxylation sites is 1. The van der Waals surface area contributed by atoms with Crippen molar-refractivity contribution in [3.8, 4) is 11.5 Å². The number of nitrogens with one attached hydrogen (secondary N) is 1. The molecule has 3 aromatic rings. The topological polar surface area (TPSA) is 74.4 Å². The quantitative estimate of drug-likeness (QED) is 0.401. The molecule has 6 rings (SSSR count). The summed E-state index contributed by atoms with van der Waals surface area (Å²) < 4.78 is 26.1. The van der Waals surface area contributed by atoms with E-state index in [2.05, 4.69) is 15.1 Å². The van der Waals surface area contributed by atoms with Gasteiger partial charge in [-0.1, -0.05) is 30.3 Å². The number of amides is 2. The van der Waals surface area contributed by atoms with Crippen molar-refractivity contribution in [1.82, 2.24) is 15.1 Å². The van der Waals surface area contributed by atoms with Gasteiger partial charge in [-0.25, -0.2) is 4.39 Å². The molecule has 226 valence electrons. The molecule has 0 bridgehead atoms. The van der Waals surface area contributed by atoms with E-state index in [4.69, 9.17) is 9.47 Å². The van der Waals surface area contributed by atoms with E-state index in [1.165, 1.54) is 6.07 Å². The minimum absolute atomic E-state index is 0.0464. The van der Waals surface area contributed by atoms with Crippen molar-refractivity contribution in [2.24, 2.45) is 0 Å². The monoisotopic (exact) mass is 586 g/mol. The molecule has 2 unspecified atom stereocenters. The second-order valence-electron chi connectivity index (χ2n) is 11.2. The summed E-state index contributed by atoms with van der Waals surface area (Å²) in [4.78, 5) is 34.0. The molecule has 0 aliphatic carbocycles. The second-order valence-corrected chi connectivity index (χ2v) is 11.2. The van der Waals surface area contributed by atoms with Crippen molar-refractivity contribution in [2.45, 2.75) is 32.2 Å². The number of carbonyl (C=O) groups excluding carboxylic acids is 2. The summed E-state index contributed by atoms with van der Waals surface area (Å²) in [6.45, 7) is 9.61. The third kappa shape index (κ3) is 5.66. The number of ether oxygens (including phenoxy) is 2. The summed E-state index contributed by atoms with van der Waals surface area (Å²) in [6.07, 6.45) is 0.680. The van der Waals surface area contributed by atoms with Gasteiger partial charge in [0, 0.05) is 51.4 Å². The van der Waals surface area contributed by atoms with Crippen LogP contribution in [0.2, 0.25) is 0 Å². The van der Waals surface area contributed by atoms with E-state index in [1.54, 1.807) is 6.07 Å². The van der Waals surface area contributed by atoms with Crippen LogP contribution in [0.15, 0.2) is 60.7 Å². The first kappa shape index (κ1) is 29.0. The lowest BCUT2D eigenvalue weighted by molar-refractivity contribution is -0.124. The minimum Gasteiger partial charge on any atom is -0.490 e. The molecule has 0 radical (unpaired) electrons. The van der Waals surface area contributed by atoms with Crippen molar-refractivity contribution in [3.05, 3.63) is 88.7 Å². The van der Waals surface area contributed by atoms with Crippen LogP contribution < -0.4 is 19.7 Å². The number of hydrogen-bond acceptors (Lipinski definition) is 6. The van der Waals surface area contributed by atoms with Gasteiger partial charge in [0.05, 0.1) is 30.9 Å². The Morgan fingerprint density at radius 1 is 0.907 bits per heavy atom. The molecule has 1 N–H and O–H groups in total. The van der Waals surface area contributed by atoms with E-state index in [0.717, 1.165) is 42.9 Å². The highest BCUT2D eigenvalue weighted by Crippen LogP contribution is 2.48. The maximum Gasteiger partial charge on any atom is 0.254 e. The Bertz CT molecular complexity index is 1490. The van der Waals surface area contributed by atoms with Gasteiger partial charge in [-0.05, 0) is 67.3 Å². The molecular weight excluding hydrogens is 547 g/mol. The molecule has 0 saturated carbocycles. The zero-order chi connectivity index (χ0) is 29.9. The molecule has 3 aromatic carbocycles. The fourth-order valence-electron chi connectivity index (χ4n) is 6.72. The lowest BCUT2D eigenvalue weighted by atomic mass is 9.75.